The smallest absolute Gasteiger partial charge is 0.137 e. The molecular formula is C9H14ClN3O. The van der Waals surface area contributed by atoms with Crippen molar-refractivity contribution in [2.75, 3.05) is 11.9 Å². The van der Waals surface area contributed by atoms with Gasteiger partial charge in [-0.1, -0.05) is 18.5 Å². The van der Waals surface area contributed by atoms with Gasteiger partial charge >= 0.3 is 0 Å². The van der Waals surface area contributed by atoms with Crippen molar-refractivity contribution in [2.45, 2.75) is 26.3 Å². The molecule has 2 N–H and O–H groups in total. The highest BCUT2D eigenvalue weighted by atomic mass is 35.5. The molecule has 1 rings (SSSR count). The number of halogens is 1. The summed E-state index contributed by atoms with van der Waals surface area (Å²) in [5.41, 5.74) is 0.807. The van der Waals surface area contributed by atoms with Gasteiger partial charge in [-0.3, -0.25) is 0 Å². The maximum atomic E-state index is 9.01. The lowest BCUT2D eigenvalue weighted by atomic mass is 10.2. The molecule has 14 heavy (non-hydrogen) atoms. The van der Waals surface area contributed by atoms with Crippen molar-refractivity contribution in [1.29, 1.82) is 0 Å². The summed E-state index contributed by atoms with van der Waals surface area (Å²) >= 11 is 5.83. The topological polar surface area (TPSA) is 58.0 Å². The lowest BCUT2D eigenvalue weighted by molar-refractivity contribution is 0.271. The highest BCUT2D eigenvalue weighted by Gasteiger charge is 2.09. The number of aromatic nitrogens is 2. The third-order valence-corrected chi connectivity index (χ3v) is 2.46. The van der Waals surface area contributed by atoms with E-state index >= 15 is 0 Å². The van der Waals surface area contributed by atoms with Crippen LogP contribution in [0.3, 0.4) is 0 Å². The van der Waals surface area contributed by atoms with Crippen LogP contribution in [0.2, 0.25) is 5.15 Å². The lowest BCUT2D eigenvalue weighted by Gasteiger charge is -2.16. The Kier molecular flexibility index (Phi) is 4.10. The van der Waals surface area contributed by atoms with Gasteiger partial charge in [-0.25, -0.2) is 9.97 Å². The van der Waals surface area contributed by atoms with Gasteiger partial charge in [0, 0.05) is 5.56 Å². The lowest BCUT2D eigenvalue weighted by Crippen LogP contribution is -2.23. The van der Waals surface area contributed by atoms with Crippen LogP contribution in [-0.2, 0) is 0 Å². The third kappa shape index (κ3) is 2.56. The number of hydrogen-bond donors (Lipinski definition) is 2. The van der Waals surface area contributed by atoms with Crippen molar-refractivity contribution in [2.24, 2.45) is 0 Å². The molecule has 0 amide bonds. The summed E-state index contributed by atoms with van der Waals surface area (Å²) in [5.74, 6) is 0.686. The minimum Gasteiger partial charge on any atom is -0.394 e. The quantitative estimate of drug-likeness (QED) is 0.750. The molecule has 5 heteroatoms. The summed E-state index contributed by atoms with van der Waals surface area (Å²) in [7, 11) is 0. The van der Waals surface area contributed by atoms with E-state index in [0.29, 0.717) is 11.0 Å². The molecule has 0 bridgehead atoms. The van der Waals surface area contributed by atoms with Crippen molar-refractivity contribution in [3.8, 4) is 0 Å². The van der Waals surface area contributed by atoms with Crippen molar-refractivity contribution in [3.05, 3.63) is 17.0 Å². The monoisotopic (exact) mass is 215 g/mol. The molecule has 1 aromatic rings. The Balaban J connectivity index is 2.80. The van der Waals surface area contributed by atoms with Gasteiger partial charge in [0.15, 0.2) is 0 Å². The van der Waals surface area contributed by atoms with Gasteiger partial charge in [-0.15, -0.1) is 0 Å². The van der Waals surface area contributed by atoms with Crippen LogP contribution in [0, 0.1) is 6.92 Å². The van der Waals surface area contributed by atoms with Crippen LogP contribution in [-0.4, -0.2) is 27.7 Å². The highest BCUT2D eigenvalue weighted by molar-refractivity contribution is 6.30. The minimum atomic E-state index is 0.0136. The van der Waals surface area contributed by atoms with E-state index in [1.165, 1.54) is 6.33 Å². The molecule has 0 aliphatic heterocycles. The first-order valence-corrected chi connectivity index (χ1v) is 4.91. The minimum absolute atomic E-state index is 0.0136. The second kappa shape index (κ2) is 5.12. The van der Waals surface area contributed by atoms with Crippen LogP contribution in [0.5, 0.6) is 0 Å². The van der Waals surface area contributed by atoms with Crippen LogP contribution in [0.25, 0.3) is 0 Å². The molecule has 1 heterocycles. The molecule has 78 valence electrons. The zero-order valence-electron chi connectivity index (χ0n) is 8.29. The number of anilines is 1. The van der Waals surface area contributed by atoms with E-state index in [1.54, 1.807) is 0 Å². The Morgan fingerprint density at radius 1 is 1.57 bits per heavy atom. The summed E-state index contributed by atoms with van der Waals surface area (Å²) in [6.45, 7) is 3.92. The first-order valence-electron chi connectivity index (χ1n) is 4.53. The molecule has 0 aliphatic carbocycles. The molecule has 0 aromatic carbocycles. The third-order valence-electron chi connectivity index (χ3n) is 2.08. The van der Waals surface area contributed by atoms with Gasteiger partial charge in [-0.05, 0) is 13.3 Å². The fourth-order valence-corrected chi connectivity index (χ4v) is 1.18. The molecule has 1 aromatic heterocycles. The molecule has 1 unspecified atom stereocenters. The number of aliphatic hydroxyl groups is 1. The van der Waals surface area contributed by atoms with Gasteiger partial charge < -0.3 is 10.4 Å². The van der Waals surface area contributed by atoms with Crippen LogP contribution < -0.4 is 5.32 Å². The van der Waals surface area contributed by atoms with Crippen molar-refractivity contribution < 1.29 is 5.11 Å². The van der Waals surface area contributed by atoms with Gasteiger partial charge in [0.2, 0.25) is 0 Å². The van der Waals surface area contributed by atoms with Crippen molar-refractivity contribution in [3.63, 3.8) is 0 Å². The number of hydrogen-bond acceptors (Lipinski definition) is 4. The zero-order valence-corrected chi connectivity index (χ0v) is 9.04. The average Bonchev–Trinajstić information content (AvgIpc) is 2.20. The predicted octanol–water partition coefficient (Wildman–Crippen LogP) is 1.62. The number of nitrogens with one attached hydrogen (secondary N) is 1. The molecule has 1 atom stereocenters. The van der Waals surface area contributed by atoms with E-state index < -0.39 is 0 Å². The second-order valence-corrected chi connectivity index (χ2v) is 3.43. The maximum Gasteiger partial charge on any atom is 0.137 e. The fraction of sp³-hybridized carbons (Fsp3) is 0.556. The molecule has 0 aliphatic rings. The largest absolute Gasteiger partial charge is 0.394 e. The van der Waals surface area contributed by atoms with E-state index in [0.717, 1.165) is 12.0 Å². The Morgan fingerprint density at radius 2 is 2.29 bits per heavy atom. The van der Waals surface area contributed by atoms with Crippen molar-refractivity contribution in [1.82, 2.24) is 9.97 Å². The summed E-state index contributed by atoms with van der Waals surface area (Å²) in [4.78, 5) is 7.91. The van der Waals surface area contributed by atoms with E-state index in [-0.39, 0.29) is 12.6 Å². The summed E-state index contributed by atoms with van der Waals surface area (Å²) < 4.78 is 0. The summed E-state index contributed by atoms with van der Waals surface area (Å²) in [5, 5.41) is 12.6. The van der Waals surface area contributed by atoms with Gasteiger partial charge in [-0.2, -0.15) is 0 Å². The molecule has 0 spiro atoms. The molecule has 4 nitrogen and oxygen atoms in total. The highest BCUT2D eigenvalue weighted by Crippen LogP contribution is 2.18. The maximum absolute atomic E-state index is 9.01. The molecule has 0 fully saturated rings. The van der Waals surface area contributed by atoms with Crippen molar-refractivity contribution >= 4 is 17.4 Å². The van der Waals surface area contributed by atoms with E-state index in [4.69, 9.17) is 16.7 Å². The Labute approximate surface area is 88.3 Å². The SMILES string of the molecule is CCC(CO)Nc1ncnc(Cl)c1C. The Bertz CT molecular complexity index is 302. The molecule has 0 saturated carbocycles. The van der Waals surface area contributed by atoms with Crippen LogP contribution in [0.1, 0.15) is 18.9 Å². The molecule has 0 radical (unpaired) electrons. The second-order valence-electron chi connectivity index (χ2n) is 3.07. The van der Waals surface area contributed by atoms with Crippen LogP contribution >= 0.6 is 11.6 Å². The van der Waals surface area contributed by atoms with E-state index in [9.17, 15) is 0 Å². The van der Waals surface area contributed by atoms with E-state index in [1.807, 2.05) is 13.8 Å². The predicted molar refractivity (Wildman–Crippen MR) is 56.6 cm³/mol. The molecule has 0 saturated heterocycles. The van der Waals surface area contributed by atoms with E-state index in [2.05, 4.69) is 15.3 Å². The van der Waals surface area contributed by atoms with Crippen LogP contribution in [0.15, 0.2) is 6.33 Å². The standard InChI is InChI=1S/C9H14ClN3O/c1-3-7(4-14)13-9-6(2)8(10)11-5-12-9/h5,7,14H,3-4H2,1-2H3,(H,11,12,13). The van der Waals surface area contributed by atoms with Gasteiger partial charge in [0.1, 0.15) is 17.3 Å². The normalized spacial score (nSPS) is 12.6. The number of rotatable bonds is 4. The Morgan fingerprint density at radius 3 is 2.86 bits per heavy atom. The average molecular weight is 216 g/mol. The number of nitrogens with zero attached hydrogens (tertiary/aromatic N) is 2. The molecular weight excluding hydrogens is 202 g/mol. The first kappa shape index (κ1) is 11.2. The van der Waals surface area contributed by atoms with Crippen LogP contribution in [0.4, 0.5) is 5.82 Å². The van der Waals surface area contributed by atoms with Gasteiger partial charge in [0.25, 0.3) is 0 Å². The summed E-state index contributed by atoms with van der Waals surface area (Å²) in [6, 6.07) is 0.0136. The summed E-state index contributed by atoms with van der Waals surface area (Å²) in [6.07, 6.45) is 2.24. The van der Waals surface area contributed by atoms with Gasteiger partial charge in [0.05, 0.1) is 12.6 Å². The first-order chi connectivity index (χ1) is 6.69. The fourth-order valence-electron chi connectivity index (χ4n) is 1.04. The number of aliphatic hydroxyl groups excluding tert-OH is 1. The Hall–Kier alpha value is -0.870. The zero-order chi connectivity index (χ0) is 10.6.